The normalized spacial score (nSPS) is 11.9. The van der Waals surface area contributed by atoms with E-state index in [9.17, 15) is 0 Å². The lowest BCUT2D eigenvalue weighted by molar-refractivity contribution is 0.505. The van der Waals surface area contributed by atoms with Gasteiger partial charge in [-0.2, -0.15) is 0 Å². The maximum atomic E-state index is 5.79. The number of rotatable bonds is 2. The van der Waals surface area contributed by atoms with Crippen molar-refractivity contribution in [1.82, 2.24) is 4.90 Å². The molecule has 0 heterocycles. The van der Waals surface area contributed by atoms with Crippen LogP contribution in [0.2, 0.25) is 10.8 Å². The molecular weight excluding hydrogens is 204 g/mol. The van der Waals surface area contributed by atoms with E-state index in [1.165, 1.54) is 5.56 Å². The van der Waals surface area contributed by atoms with Gasteiger partial charge in [0.1, 0.15) is 0 Å². The zero-order valence-electron chi connectivity index (χ0n) is 10.00. The van der Waals surface area contributed by atoms with E-state index >= 15 is 0 Å². The van der Waals surface area contributed by atoms with Gasteiger partial charge < -0.3 is 4.90 Å². The summed E-state index contributed by atoms with van der Waals surface area (Å²) in [4.78, 5) is 2.00. The van der Waals surface area contributed by atoms with Gasteiger partial charge in [-0.3, -0.25) is 0 Å². The summed E-state index contributed by atoms with van der Waals surface area (Å²) < 4.78 is 0. The Morgan fingerprint density at radius 3 is 2.27 bits per heavy atom. The second-order valence-corrected chi connectivity index (χ2v) is 4.59. The third-order valence-electron chi connectivity index (χ3n) is 1.45. The van der Waals surface area contributed by atoms with Crippen molar-refractivity contribution in [2.45, 2.75) is 19.2 Å². The maximum Gasteiger partial charge on any atom is 0.0700 e. The molecule has 0 spiro atoms. The second kappa shape index (κ2) is 7.78. The summed E-state index contributed by atoms with van der Waals surface area (Å²) in [6, 6.07) is 7.80. The van der Waals surface area contributed by atoms with E-state index in [4.69, 9.17) is 19.4 Å². The van der Waals surface area contributed by atoms with Crippen molar-refractivity contribution < 1.29 is 0 Å². The first-order valence-electron chi connectivity index (χ1n) is 5.02. The zero-order valence-corrected chi connectivity index (χ0v) is 10.8. The average molecular weight is 224 g/mol. The van der Waals surface area contributed by atoms with Crippen LogP contribution in [0.15, 0.2) is 24.3 Å². The lowest BCUT2D eigenvalue weighted by atomic mass is 9.84. The van der Waals surface area contributed by atoms with E-state index in [0.717, 1.165) is 11.4 Å². The third kappa shape index (κ3) is 9.83. The average Bonchev–Trinajstić information content (AvgIpc) is 2.00. The van der Waals surface area contributed by atoms with Crippen molar-refractivity contribution >= 4 is 19.4 Å². The first kappa shape index (κ1) is 14.5. The molecule has 0 amide bonds. The monoisotopic (exact) mass is 223 g/mol. The minimum atomic E-state index is 0.202. The van der Waals surface area contributed by atoms with Gasteiger partial charge in [0.25, 0.3) is 0 Å². The molecule has 82 valence electrons. The van der Waals surface area contributed by atoms with Crippen LogP contribution in [-0.4, -0.2) is 33.9 Å². The van der Waals surface area contributed by atoms with Crippen LogP contribution in [0.5, 0.6) is 0 Å². The number of hydrogen-bond acceptors (Lipinski definition) is 1. The molecule has 0 bridgehead atoms. The Bertz CT molecular complexity index is 271. The van der Waals surface area contributed by atoms with Gasteiger partial charge in [-0.05, 0) is 45.3 Å². The van der Waals surface area contributed by atoms with Crippen molar-refractivity contribution in [2.24, 2.45) is 0 Å². The standard InChI is InChI=1S/C9H10BCl.C3H9N/c1-7(10)5-8-3-2-4-9(11)6-8;1-4(2)3/h2-4,6-7H,5H2,1H3;1-3H3. The van der Waals surface area contributed by atoms with Gasteiger partial charge >= 0.3 is 0 Å². The molecule has 0 aromatic heterocycles. The minimum absolute atomic E-state index is 0.202. The molecule has 1 atom stereocenters. The van der Waals surface area contributed by atoms with Gasteiger partial charge in [0.15, 0.2) is 0 Å². The van der Waals surface area contributed by atoms with Gasteiger partial charge in [0.2, 0.25) is 0 Å². The molecule has 0 aliphatic carbocycles. The highest BCUT2D eigenvalue weighted by Gasteiger charge is 1.96. The van der Waals surface area contributed by atoms with Crippen molar-refractivity contribution in [3.63, 3.8) is 0 Å². The zero-order chi connectivity index (χ0) is 11.8. The van der Waals surface area contributed by atoms with Crippen LogP contribution in [0.3, 0.4) is 0 Å². The maximum absolute atomic E-state index is 5.79. The molecule has 2 radical (unpaired) electrons. The highest BCUT2D eigenvalue weighted by Crippen LogP contribution is 2.14. The fourth-order valence-corrected chi connectivity index (χ4v) is 1.25. The Labute approximate surface area is 99.8 Å². The van der Waals surface area contributed by atoms with E-state index in [1.807, 2.05) is 57.2 Å². The van der Waals surface area contributed by atoms with Crippen molar-refractivity contribution in [1.29, 1.82) is 0 Å². The number of benzene rings is 1. The van der Waals surface area contributed by atoms with Crippen LogP contribution in [-0.2, 0) is 6.42 Å². The van der Waals surface area contributed by atoms with E-state index in [1.54, 1.807) is 0 Å². The van der Waals surface area contributed by atoms with Gasteiger partial charge in [-0.15, -0.1) is 0 Å². The minimum Gasteiger partial charge on any atom is -0.312 e. The first-order valence-corrected chi connectivity index (χ1v) is 5.40. The largest absolute Gasteiger partial charge is 0.312 e. The summed E-state index contributed by atoms with van der Waals surface area (Å²) in [5.41, 5.74) is 1.20. The summed E-state index contributed by atoms with van der Waals surface area (Å²) in [7, 11) is 11.6. The topological polar surface area (TPSA) is 3.24 Å². The molecular formula is C12H19BClN. The molecule has 0 saturated heterocycles. The van der Waals surface area contributed by atoms with Gasteiger partial charge in [0.05, 0.1) is 7.85 Å². The molecule has 1 aromatic rings. The third-order valence-corrected chi connectivity index (χ3v) is 1.68. The number of nitrogens with zero attached hydrogens (tertiary/aromatic N) is 1. The molecule has 3 heteroatoms. The molecule has 15 heavy (non-hydrogen) atoms. The van der Waals surface area contributed by atoms with Crippen LogP contribution in [0.4, 0.5) is 0 Å². The summed E-state index contributed by atoms with van der Waals surface area (Å²) in [6.07, 6.45) is 0.889. The van der Waals surface area contributed by atoms with Crippen LogP contribution in [0.25, 0.3) is 0 Å². The number of halogens is 1. The van der Waals surface area contributed by atoms with E-state index in [0.29, 0.717) is 0 Å². The van der Waals surface area contributed by atoms with Crippen molar-refractivity contribution in [3.8, 4) is 0 Å². The summed E-state index contributed by atoms with van der Waals surface area (Å²) >= 11 is 5.79. The number of hydrogen-bond donors (Lipinski definition) is 0. The van der Waals surface area contributed by atoms with Gasteiger partial charge in [-0.25, -0.2) is 0 Å². The fraction of sp³-hybridized carbons (Fsp3) is 0.500. The molecule has 1 aromatic carbocycles. The second-order valence-electron chi connectivity index (χ2n) is 4.15. The molecule has 0 aliphatic rings. The van der Waals surface area contributed by atoms with E-state index < -0.39 is 0 Å². The lowest BCUT2D eigenvalue weighted by Gasteiger charge is -2.04. The predicted octanol–water partition coefficient (Wildman–Crippen LogP) is 3.04. The quantitative estimate of drug-likeness (QED) is 0.697. The Balaban J connectivity index is 0.000000423. The fourth-order valence-electron chi connectivity index (χ4n) is 1.04. The molecule has 0 fully saturated rings. The Morgan fingerprint density at radius 2 is 1.87 bits per heavy atom. The van der Waals surface area contributed by atoms with Crippen LogP contribution < -0.4 is 0 Å². The molecule has 1 unspecified atom stereocenters. The van der Waals surface area contributed by atoms with Crippen molar-refractivity contribution in [2.75, 3.05) is 21.1 Å². The van der Waals surface area contributed by atoms with Crippen LogP contribution in [0, 0.1) is 0 Å². The Morgan fingerprint density at radius 1 is 1.33 bits per heavy atom. The van der Waals surface area contributed by atoms with Gasteiger partial charge in [-0.1, -0.05) is 36.5 Å². The van der Waals surface area contributed by atoms with Crippen molar-refractivity contribution in [3.05, 3.63) is 34.9 Å². The molecule has 0 N–H and O–H groups in total. The highest BCUT2D eigenvalue weighted by molar-refractivity contribution is 6.30. The molecule has 0 saturated carbocycles. The summed E-state index contributed by atoms with van der Waals surface area (Å²) in [5, 5.41) is 0.781. The Hall–Kier alpha value is -0.465. The molecule has 0 aliphatic heterocycles. The smallest absolute Gasteiger partial charge is 0.0700 e. The predicted molar refractivity (Wildman–Crippen MR) is 69.9 cm³/mol. The van der Waals surface area contributed by atoms with Gasteiger partial charge in [0, 0.05) is 5.02 Å². The summed E-state index contributed by atoms with van der Waals surface area (Å²) in [6.45, 7) is 1.99. The Kier molecular flexibility index (Phi) is 7.54. The molecule has 1 nitrogen and oxygen atoms in total. The highest BCUT2D eigenvalue weighted by atomic mass is 35.5. The SMILES string of the molecule is CN(C)C.[B]C(C)Cc1cccc(Cl)c1. The molecule has 1 rings (SSSR count). The van der Waals surface area contributed by atoms with Crippen LogP contribution >= 0.6 is 11.6 Å². The van der Waals surface area contributed by atoms with E-state index in [2.05, 4.69) is 0 Å². The summed E-state index contributed by atoms with van der Waals surface area (Å²) in [5.74, 6) is 0.202. The first-order chi connectivity index (χ1) is 6.91. The van der Waals surface area contributed by atoms with Crippen LogP contribution in [0.1, 0.15) is 12.5 Å². The van der Waals surface area contributed by atoms with E-state index in [-0.39, 0.29) is 5.82 Å². The lowest BCUT2D eigenvalue weighted by Crippen LogP contribution is -1.99.